The molecule has 2 amide bonds. The number of benzene rings is 2. The summed E-state index contributed by atoms with van der Waals surface area (Å²) in [6.07, 6.45) is 0. The van der Waals surface area contributed by atoms with Gasteiger partial charge >= 0.3 is 0 Å². The van der Waals surface area contributed by atoms with E-state index in [4.69, 9.17) is 4.74 Å². The van der Waals surface area contributed by atoms with Crippen LogP contribution in [0.5, 0.6) is 5.75 Å². The molecule has 0 bridgehead atoms. The number of ether oxygens (including phenoxy) is 1. The van der Waals surface area contributed by atoms with Gasteiger partial charge in [-0.15, -0.1) is 0 Å². The average molecular weight is 391 g/mol. The maximum absolute atomic E-state index is 11.8. The fraction of sp³-hybridized carbons (Fsp3) is 0.222. The van der Waals surface area contributed by atoms with Crippen LogP contribution in [0.2, 0.25) is 0 Å². The molecule has 126 valence electrons. The molecule has 0 atom stereocenters. The van der Waals surface area contributed by atoms with Crippen LogP contribution < -0.4 is 15.4 Å². The molecule has 0 saturated heterocycles. The number of amides is 2. The van der Waals surface area contributed by atoms with E-state index >= 15 is 0 Å². The van der Waals surface area contributed by atoms with Crippen molar-refractivity contribution < 1.29 is 14.3 Å². The number of nitrogens with one attached hydrogen (secondary N) is 2. The van der Waals surface area contributed by atoms with Crippen LogP contribution in [-0.4, -0.2) is 25.0 Å². The molecule has 0 aliphatic heterocycles. The van der Waals surface area contributed by atoms with Gasteiger partial charge in [0.05, 0.1) is 6.54 Å². The Hall–Kier alpha value is -2.34. The Morgan fingerprint density at radius 2 is 1.71 bits per heavy atom. The van der Waals surface area contributed by atoms with Crippen molar-refractivity contribution in [3.8, 4) is 5.75 Å². The molecule has 6 heteroatoms. The summed E-state index contributed by atoms with van der Waals surface area (Å²) in [4.78, 5) is 23.5. The maximum Gasteiger partial charge on any atom is 0.258 e. The molecule has 0 fully saturated rings. The van der Waals surface area contributed by atoms with Crippen LogP contribution in [0, 0.1) is 13.8 Å². The monoisotopic (exact) mass is 390 g/mol. The Bertz CT molecular complexity index is 730. The van der Waals surface area contributed by atoms with Gasteiger partial charge in [0, 0.05) is 10.2 Å². The first-order valence-corrected chi connectivity index (χ1v) is 8.25. The smallest absolute Gasteiger partial charge is 0.258 e. The van der Waals surface area contributed by atoms with Crippen molar-refractivity contribution >= 4 is 33.4 Å². The van der Waals surface area contributed by atoms with E-state index in [1.165, 1.54) is 0 Å². The normalized spacial score (nSPS) is 10.1. The third-order valence-corrected chi connectivity index (χ3v) is 3.95. The molecule has 2 rings (SSSR count). The topological polar surface area (TPSA) is 67.4 Å². The second kappa shape index (κ2) is 8.49. The fourth-order valence-electron chi connectivity index (χ4n) is 1.92. The number of hydrogen-bond acceptors (Lipinski definition) is 3. The number of carbonyl (C=O) groups is 2. The Morgan fingerprint density at radius 3 is 2.38 bits per heavy atom. The second-order valence-electron chi connectivity index (χ2n) is 5.37. The summed E-state index contributed by atoms with van der Waals surface area (Å²) < 4.78 is 6.35. The lowest BCUT2D eigenvalue weighted by atomic mass is 10.1. The Labute approximate surface area is 149 Å². The van der Waals surface area contributed by atoms with Crippen molar-refractivity contribution in [3.63, 3.8) is 0 Å². The standard InChI is InChI=1S/C18H19BrN2O3/c1-12-3-8-16(9-13(12)2)24-11-18(23)20-10-17(22)21-15-6-4-14(19)5-7-15/h3-9H,10-11H2,1-2H3,(H,20,23)(H,21,22). The zero-order valence-electron chi connectivity index (χ0n) is 13.6. The molecule has 0 unspecified atom stereocenters. The van der Waals surface area contributed by atoms with Gasteiger partial charge in [-0.2, -0.15) is 0 Å². The van der Waals surface area contributed by atoms with E-state index in [0.29, 0.717) is 11.4 Å². The minimum Gasteiger partial charge on any atom is -0.484 e. The minimum atomic E-state index is -0.348. The number of carbonyl (C=O) groups excluding carboxylic acids is 2. The van der Waals surface area contributed by atoms with Crippen molar-refractivity contribution in [2.45, 2.75) is 13.8 Å². The summed E-state index contributed by atoms with van der Waals surface area (Å²) in [5.74, 6) is -0.0106. The van der Waals surface area contributed by atoms with Crippen LogP contribution in [0.3, 0.4) is 0 Å². The van der Waals surface area contributed by atoms with Gasteiger partial charge in [-0.1, -0.05) is 22.0 Å². The van der Waals surface area contributed by atoms with E-state index in [-0.39, 0.29) is 25.0 Å². The molecular formula is C18H19BrN2O3. The van der Waals surface area contributed by atoms with Gasteiger partial charge in [-0.05, 0) is 61.4 Å². The first-order chi connectivity index (χ1) is 11.4. The molecule has 0 aromatic heterocycles. The summed E-state index contributed by atoms with van der Waals surface area (Å²) in [5.41, 5.74) is 2.93. The quantitative estimate of drug-likeness (QED) is 0.795. The van der Waals surface area contributed by atoms with E-state index < -0.39 is 0 Å². The van der Waals surface area contributed by atoms with Crippen LogP contribution >= 0.6 is 15.9 Å². The molecule has 5 nitrogen and oxygen atoms in total. The molecule has 2 aromatic carbocycles. The van der Waals surface area contributed by atoms with Gasteiger partial charge < -0.3 is 15.4 Å². The molecule has 0 spiro atoms. The number of aryl methyl sites for hydroxylation is 2. The van der Waals surface area contributed by atoms with E-state index in [2.05, 4.69) is 26.6 Å². The second-order valence-corrected chi connectivity index (χ2v) is 6.28. The lowest BCUT2D eigenvalue weighted by molar-refractivity contribution is -0.125. The van der Waals surface area contributed by atoms with Crippen molar-refractivity contribution in [1.82, 2.24) is 5.32 Å². The third-order valence-electron chi connectivity index (χ3n) is 3.42. The van der Waals surface area contributed by atoms with Crippen molar-refractivity contribution in [1.29, 1.82) is 0 Å². The number of hydrogen-bond donors (Lipinski definition) is 2. The predicted octanol–water partition coefficient (Wildman–Crippen LogP) is 3.20. The Balaban J connectivity index is 1.73. The lowest BCUT2D eigenvalue weighted by Crippen LogP contribution is -2.35. The predicted molar refractivity (Wildman–Crippen MR) is 97.2 cm³/mol. The average Bonchev–Trinajstić information content (AvgIpc) is 2.56. The highest BCUT2D eigenvalue weighted by Crippen LogP contribution is 2.16. The highest BCUT2D eigenvalue weighted by atomic mass is 79.9. The number of anilines is 1. The third kappa shape index (κ3) is 5.70. The molecule has 2 N–H and O–H groups in total. The summed E-state index contributed by atoms with van der Waals surface area (Å²) in [5, 5.41) is 5.22. The zero-order valence-corrected chi connectivity index (χ0v) is 15.1. The zero-order chi connectivity index (χ0) is 17.5. The largest absolute Gasteiger partial charge is 0.484 e. The van der Waals surface area contributed by atoms with E-state index in [0.717, 1.165) is 15.6 Å². The minimum absolute atomic E-state index is 0.106. The number of halogens is 1. The molecule has 0 saturated carbocycles. The molecule has 0 heterocycles. The Morgan fingerprint density at radius 1 is 1.00 bits per heavy atom. The van der Waals surface area contributed by atoms with Crippen molar-refractivity contribution in [3.05, 3.63) is 58.1 Å². The van der Waals surface area contributed by atoms with Crippen LogP contribution in [0.25, 0.3) is 0 Å². The van der Waals surface area contributed by atoms with Gasteiger partial charge in [0.15, 0.2) is 6.61 Å². The van der Waals surface area contributed by atoms with Crippen LogP contribution in [-0.2, 0) is 9.59 Å². The summed E-state index contributed by atoms with van der Waals surface area (Å²) in [6, 6.07) is 12.8. The van der Waals surface area contributed by atoms with Gasteiger partial charge in [-0.3, -0.25) is 9.59 Å². The first-order valence-electron chi connectivity index (χ1n) is 7.46. The molecular weight excluding hydrogens is 372 g/mol. The molecule has 0 radical (unpaired) electrons. The lowest BCUT2D eigenvalue weighted by Gasteiger charge is -2.09. The van der Waals surface area contributed by atoms with E-state index in [1.807, 2.05) is 44.2 Å². The number of rotatable bonds is 6. The first kappa shape index (κ1) is 18.0. The molecule has 0 aliphatic carbocycles. The van der Waals surface area contributed by atoms with Crippen LogP contribution in [0.1, 0.15) is 11.1 Å². The van der Waals surface area contributed by atoms with Crippen LogP contribution in [0.4, 0.5) is 5.69 Å². The maximum atomic E-state index is 11.8. The van der Waals surface area contributed by atoms with Crippen molar-refractivity contribution in [2.75, 3.05) is 18.5 Å². The SMILES string of the molecule is Cc1ccc(OCC(=O)NCC(=O)Nc2ccc(Br)cc2)cc1C. The van der Waals surface area contributed by atoms with Gasteiger partial charge in [0.2, 0.25) is 5.91 Å². The van der Waals surface area contributed by atoms with E-state index in [1.54, 1.807) is 12.1 Å². The van der Waals surface area contributed by atoms with Gasteiger partial charge in [0.1, 0.15) is 5.75 Å². The van der Waals surface area contributed by atoms with Crippen LogP contribution in [0.15, 0.2) is 46.9 Å². The van der Waals surface area contributed by atoms with Gasteiger partial charge in [-0.25, -0.2) is 0 Å². The molecule has 24 heavy (non-hydrogen) atoms. The van der Waals surface area contributed by atoms with Gasteiger partial charge in [0.25, 0.3) is 5.91 Å². The van der Waals surface area contributed by atoms with Crippen molar-refractivity contribution in [2.24, 2.45) is 0 Å². The molecule has 2 aromatic rings. The highest BCUT2D eigenvalue weighted by Gasteiger charge is 2.07. The fourth-order valence-corrected chi connectivity index (χ4v) is 2.19. The summed E-state index contributed by atoms with van der Waals surface area (Å²) in [7, 11) is 0. The Kier molecular flexibility index (Phi) is 6.37. The van der Waals surface area contributed by atoms with E-state index in [9.17, 15) is 9.59 Å². The summed E-state index contributed by atoms with van der Waals surface area (Å²) in [6.45, 7) is 3.75. The summed E-state index contributed by atoms with van der Waals surface area (Å²) >= 11 is 3.32. The molecule has 0 aliphatic rings. The highest BCUT2D eigenvalue weighted by molar-refractivity contribution is 9.10.